The highest BCUT2D eigenvalue weighted by Gasteiger charge is 2.46. The first-order valence-corrected chi connectivity index (χ1v) is 8.22. The maximum Gasteiger partial charge on any atom is 0.306 e. The van der Waals surface area contributed by atoms with Gasteiger partial charge in [-0.2, -0.15) is 0 Å². The van der Waals surface area contributed by atoms with E-state index in [4.69, 9.17) is 4.74 Å². The second-order valence-corrected chi connectivity index (χ2v) is 7.57. The third-order valence-electron chi connectivity index (χ3n) is 4.67. The molecule has 0 fully saturated rings. The van der Waals surface area contributed by atoms with E-state index in [1.807, 2.05) is 27.7 Å². The van der Waals surface area contributed by atoms with E-state index in [9.17, 15) is 9.90 Å². The Kier molecular flexibility index (Phi) is 5.70. The molecule has 0 spiro atoms. The molecule has 1 N–H and O–H groups in total. The van der Waals surface area contributed by atoms with E-state index < -0.39 is 11.5 Å². The first-order chi connectivity index (χ1) is 10.9. The molecular weight excluding hydrogens is 300 g/mol. The summed E-state index contributed by atoms with van der Waals surface area (Å²) < 4.78 is 5.60. The van der Waals surface area contributed by atoms with E-state index in [0.29, 0.717) is 16.7 Å². The van der Waals surface area contributed by atoms with Crippen molar-refractivity contribution < 1.29 is 14.6 Å². The van der Waals surface area contributed by atoms with Gasteiger partial charge in [-0.15, -0.1) is 13.2 Å². The Morgan fingerprint density at radius 2 is 1.71 bits per heavy atom. The number of esters is 1. The molecule has 0 radical (unpaired) electrons. The fourth-order valence-electron chi connectivity index (χ4n) is 3.23. The van der Waals surface area contributed by atoms with Gasteiger partial charge in [0.15, 0.2) is 0 Å². The van der Waals surface area contributed by atoms with Gasteiger partial charge in [0, 0.05) is 23.3 Å². The minimum Gasteiger partial charge on any atom is -0.511 e. The fourth-order valence-corrected chi connectivity index (χ4v) is 3.23. The first-order valence-electron chi connectivity index (χ1n) is 8.22. The summed E-state index contributed by atoms with van der Waals surface area (Å²) in [4.78, 5) is 11.9. The lowest BCUT2D eigenvalue weighted by atomic mass is 9.63. The highest BCUT2D eigenvalue weighted by atomic mass is 16.5. The minimum absolute atomic E-state index is 0.198. The largest absolute Gasteiger partial charge is 0.511 e. The molecule has 24 heavy (non-hydrogen) atoms. The van der Waals surface area contributed by atoms with Crippen molar-refractivity contribution in [3.63, 3.8) is 0 Å². The van der Waals surface area contributed by atoms with Gasteiger partial charge in [0.1, 0.15) is 11.9 Å². The average molecular weight is 330 g/mol. The third-order valence-corrected chi connectivity index (χ3v) is 4.67. The van der Waals surface area contributed by atoms with Crippen molar-refractivity contribution in [2.24, 2.45) is 16.7 Å². The summed E-state index contributed by atoms with van der Waals surface area (Å²) in [6.45, 7) is 25.6. The molecule has 2 atom stereocenters. The molecule has 0 saturated heterocycles. The number of hydrogen-bond acceptors (Lipinski definition) is 3. The highest BCUT2D eigenvalue weighted by Crippen LogP contribution is 2.50. The van der Waals surface area contributed by atoms with Crippen LogP contribution in [-0.2, 0) is 9.53 Å². The maximum atomic E-state index is 11.9. The van der Waals surface area contributed by atoms with E-state index in [0.717, 1.165) is 0 Å². The second kappa shape index (κ2) is 6.84. The molecule has 0 bridgehead atoms. The number of aliphatic hydroxyl groups excluding tert-OH is 1. The maximum absolute atomic E-state index is 11.9. The molecule has 0 saturated carbocycles. The van der Waals surface area contributed by atoms with Gasteiger partial charge in [-0.05, 0) is 23.5 Å². The molecule has 0 aromatic rings. The Morgan fingerprint density at radius 1 is 1.21 bits per heavy atom. The number of allylic oxidation sites excluding steroid dienone is 3. The van der Waals surface area contributed by atoms with Crippen molar-refractivity contribution in [1.82, 2.24) is 0 Å². The van der Waals surface area contributed by atoms with Crippen molar-refractivity contribution in [3.8, 4) is 0 Å². The molecule has 1 rings (SSSR count). The van der Waals surface area contributed by atoms with Crippen LogP contribution in [0.1, 0.15) is 41.0 Å². The monoisotopic (exact) mass is 330 g/mol. The summed E-state index contributed by atoms with van der Waals surface area (Å²) in [5.41, 5.74) is 0.803. The molecule has 3 heteroatoms. The lowest BCUT2D eigenvalue weighted by Crippen LogP contribution is -2.40. The molecule has 0 amide bonds. The van der Waals surface area contributed by atoms with Gasteiger partial charge in [-0.1, -0.05) is 53.0 Å². The predicted molar refractivity (Wildman–Crippen MR) is 99.6 cm³/mol. The molecule has 0 heterocycles. The Bertz CT molecular complexity index is 605. The minimum atomic E-state index is -0.678. The van der Waals surface area contributed by atoms with Crippen molar-refractivity contribution in [1.29, 1.82) is 0 Å². The molecule has 0 aliphatic heterocycles. The SMILES string of the molecule is C=CC(C)(C=C)C1=C(O)C(C(C)(C)C)C(=C)C(OC(=O)CC)C1=C. The van der Waals surface area contributed by atoms with E-state index in [2.05, 4.69) is 26.3 Å². The van der Waals surface area contributed by atoms with Crippen LogP contribution in [0.2, 0.25) is 0 Å². The highest BCUT2D eigenvalue weighted by molar-refractivity contribution is 5.70. The lowest BCUT2D eigenvalue weighted by molar-refractivity contribution is -0.146. The van der Waals surface area contributed by atoms with Crippen LogP contribution in [-0.4, -0.2) is 17.2 Å². The Balaban J connectivity index is 3.64. The Morgan fingerprint density at radius 3 is 2.08 bits per heavy atom. The van der Waals surface area contributed by atoms with Gasteiger partial charge in [-0.25, -0.2) is 0 Å². The van der Waals surface area contributed by atoms with E-state index in [1.165, 1.54) is 0 Å². The second-order valence-electron chi connectivity index (χ2n) is 7.57. The normalized spacial score (nSPS) is 22.4. The first kappa shape index (κ1) is 20.0. The molecular formula is C21H30O3. The van der Waals surface area contributed by atoms with Crippen molar-refractivity contribution in [2.75, 3.05) is 0 Å². The number of carbonyl (C=O) groups excluding carboxylic acids is 1. The van der Waals surface area contributed by atoms with Gasteiger partial charge < -0.3 is 9.84 Å². The van der Waals surface area contributed by atoms with Gasteiger partial charge in [0.2, 0.25) is 0 Å². The number of hydrogen-bond donors (Lipinski definition) is 1. The molecule has 2 unspecified atom stereocenters. The van der Waals surface area contributed by atoms with Crippen LogP contribution >= 0.6 is 0 Å². The van der Waals surface area contributed by atoms with Crippen LogP contribution in [0.25, 0.3) is 0 Å². The standard InChI is InChI=1S/C21H30O3/c1-10-15(22)24-19-13(4)16(20(6,7)8)18(23)17(14(19)5)21(9,11-2)12-3/h11-12,16,19,23H,2-5,10H2,1,6-9H3. The summed E-state index contributed by atoms with van der Waals surface area (Å²) in [5, 5.41) is 11.0. The van der Waals surface area contributed by atoms with Crippen LogP contribution in [0, 0.1) is 16.7 Å². The Hall–Kier alpha value is -2.03. The molecule has 0 aromatic heterocycles. The average Bonchev–Trinajstić information content (AvgIpc) is 2.49. The van der Waals surface area contributed by atoms with Gasteiger partial charge >= 0.3 is 5.97 Å². The summed E-state index contributed by atoms with van der Waals surface area (Å²) in [5.74, 6) is -0.481. The van der Waals surface area contributed by atoms with Gasteiger partial charge in [0.05, 0.1) is 0 Å². The summed E-state index contributed by atoms with van der Waals surface area (Å²) in [6.07, 6.45) is 3.03. The number of ether oxygens (including phenoxy) is 1. The molecule has 3 nitrogen and oxygen atoms in total. The predicted octanol–water partition coefficient (Wildman–Crippen LogP) is 5.29. The quantitative estimate of drug-likeness (QED) is 0.550. The van der Waals surface area contributed by atoms with Crippen LogP contribution in [0.3, 0.4) is 0 Å². The molecule has 0 aromatic carbocycles. The van der Waals surface area contributed by atoms with Crippen LogP contribution < -0.4 is 0 Å². The number of rotatable bonds is 5. The van der Waals surface area contributed by atoms with E-state index in [1.54, 1.807) is 19.1 Å². The Labute approximate surface area is 146 Å². The summed E-state index contributed by atoms with van der Waals surface area (Å²) >= 11 is 0. The fraction of sp³-hybridized carbons (Fsp3) is 0.476. The smallest absolute Gasteiger partial charge is 0.306 e. The van der Waals surface area contributed by atoms with Gasteiger partial charge in [0.25, 0.3) is 0 Å². The zero-order valence-corrected chi connectivity index (χ0v) is 15.6. The topological polar surface area (TPSA) is 46.5 Å². The van der Waals surface area contributed by atoms with E-state index >= 15 is 0 Å². The third kappa shape index (κ3) is 3.40. The molecule has 132 valence electrons. The number of aliphatic hydroxyl groups is 1. The van der Waals surface area contributed by atoms with Crippen LogP contribution in [0.4, 0.5) is 0 Å². The number of carbonyl (C=O) groups is 1. The summed E-state index contributed by atoms with van der Waals surface area (Å²) in [6, 6.07) is 0. The van der Waals surface area contributed by atoms with Gasteiger partial charge in [-0.3, -0.25) is 4.79 Å². The zero-order chi connectivity index (χ0) is 18.9. The van der Waals surface area contributed by atoms with Crippen LogP contribution in [0.15, 0.2) is 60.9 Å². The van der Waals surface area contributed by atoms with Crippen molar-refractivity contribution >= 4 is 5.97 Å². The van der Waals surface area contributed by atoms with E-state index in [-0.39, 0.29) is 29.5 Å². The summed E-state index contributed by atoms with van der Waals surface area (Å²) in [7, 11) is 0. The molecule has 1 aliphatic rings. The van der Waals surface area contributed by atoms with Crippen molar-refractivity contribution in [3.05, 3.63) is 60.9 Å². The molecule has 1 aliphatic carbocycles. The van der Waals surface area contributed by atoms with Crippen molar-refractivity contribution in [2.45, 2.75) is 47.1 Å². The van der Waals surface area contributed by atoms with Crippen LogP contribution in [0.5, 0.6) is 0 Å². The lowest BCUT2D eigenvalue weighted by Gasteiger charge is -2.44. The zero-order valence-electron chi connectivity index (χ0n) is 15.6.